The van der Waals surface area contributed by atoms with Crippen molar-refractivity contribution in [3.8, 4) is 0 Å². The van der Waals surface area contributed by atoms with E-state index >= 15 is 0 Å². The van der Waals surface area contributed by atoms with Gasteiger partial charge in [0.2, 0.25) is 5.91 Å². The summed E-state index contributed by atoms with van der Waals surface area (Å²) in [6.45, 7) is 7.86. The highest BCUT2D eigenvalue weighted by atomic mass is 16.2. The predicted octanol–water partition coefficient (Wildman–Crippen LogP) is 1.03. The minimum atomic E-state index is -0.353. The van der Waals surface area contributed by atoms with Crippen LogP contribution in [0.25, 0.3) is 0 Å². The summed E-state index contributed by atoms with van der Waals surface area (Å²) >= 11 is 0. The number of rotatable bonds is 3. The molecule has 1 amide bonds. The van der Waals surface area contributed by atoms with Crippen molar-refractivity contribution in [1.82, 2.24) is 5.32 Å². The molecule has 12 heavy (non-hydrogen) atoms. The molecule has 0 bridgehead atoms. The molecule has 3 N–H and O–H groups in total. The molecular formula is C9H20N2O. The molecular weight excluding hydrogens is 152 g/mol. The molecule has 0 aromatic carbocycles. The van der Waals surface area contributed by atoms with Crippen molar-refractivity contribution in [1.29, 1.82) is 0 Å². The van der Waals surface area contributed by atoms with E-state index in [1.165, 1.54) is 0 Å². The highest BCUT2D eigenvalue weighted by Gasteiger charge is 2.18. The Morgan fingerprint density at radius 1 is 1.50 bits per heavy atom. The summed E-state index contributed by atoms with van der Waals surface area (Å²) in [5.41, 5.74) is 5.44. The minimum absolute atomic E-state index is 0.0515. The molecule has 0 saturated carbocycles. The van der Waals surface area contributed by atoms with Gasteiger partial charge < -0.3 is 11.1 Å². The van der Waals surface area contributed by atoms with Gasteiger partial charge in [0.15, 0.2) is 0 Å². The molecule has 72 valence electrons. The molecule has 0 radical (unpaired) electrons. The SMILES string of the molecule is CCCC(N)C(=O)NC(C)(C)C. The van der Waals surface area contributed by atoms with Crippen molar-refractivity contribution in [2.75, 3.05) is 0 Å². The molecule has 3 heteroatoms. The predicted molar refractivity (Wildman–Crippen MR) is 50.8 cm³/mol. The van der Waals surface area contributed by atoms with Gasteiger partial charge in [-0.2, -0.15) is 0 Å². The summed E-state index contributed by atoms with van der Waals surface area (Å²) in [6, 6.07) is -0.353. The van der Waals surface area contributed by atoms with Gasteiger partial charge in [0, 0.05) is 5.54 Å². The summed E-state index contributed by atoms with van der Waals surface area (Å²) in [5.74, 6) is -0.0515. The largest absolute Gasteiger partial charge is 0.350 e. The Kier molecular flexibility index (Phi) is 4.24. The van der Waals surface area contributed by atoms with Crippen LogP contribution in [0.1, 0.15) is 40.5 Å². The smallest absolute Gasteiger partial charge is 0.237 e. The first-order valence-corrected chi connectivity index (χ1v) is 4.44. The van der Waals surface area contributed by atoms with Crippen LogP contribution in [-0.4, -0.2) is 17.5 Å². The van der Waals surface area contributed by atoms with E-state index in [0.29, 0.717) is 0 Å². The van der Waals surface area contributed by atoms with Gasteiger partial charge in [-0.1, -0.05) is 13.3 Å². The van der Waals surface area contributed by atoms with Gasteiger partial charge >= 0.3 is 0 Å². The molecule has 0 aliphatic carbocycles. The zero-order valence-corrected chi connectivity index (χ0v) is 8.48. The Morgan fingerprint density at radius 2 is 2.00 bits per heavy atom. The molecule has 0 aromatic heterocycles. The maximum Gasteiger partial charge on any atom is 0.237 e. The fourth-order valence-electron chi connectivity index (χ4n) is 0.904. The lowest BCUT2D eigenvalue weighted by molar-refractivity contribution is -0.123. The maximum atomic E-state index is 11.3. The molecule has 0 aliphatic heterocycles. The Labute approximate surface area is 74.7 Å². The normalized spacial score (nSPS) is 14.1. The monoisotopic (exact) mass is 172 g/mol. The molecule has 0 spiro atoms. The Morgan fingerprint density at radius 3 is 2.33 bits per heavy atom. The summed E-state index contributed by atoms with van der Waals surface area (Å²) in [4.78, 5) is 11.3. The Hall–Kier alpha value is -0.570. The number of carbonyl (C=O) groups excluding carboxylic acids is 1. The summed E-state index contributed by atoms with van der Waals surface area (Å²) < 4.78 is 0. The van der Waals surface area contributed by atoms with Crippen LogP contribution < -0.4 is 11.1 Å². The van der Waals surface area contributed by atoms with E-state index in [1.807, 2.05) is 27.7 Å². The van der Waals surface area contributed by atoms with Crippen LogP contribution in [0.15, 0.2) is 0 Å². The van der Waals surface area contributed by atoms with Gasteiger partial charge in [-0.3, -0.25) is 4.79 Å². The fourth-order valence-corrected chi connectivity index (χ4v) is 0.904. The van der Waals surface area contributed by atoms with E-state index in [4.69, 9.17) is 5.73 Å². The second-order valence-corrected chi connectivity index (χ2v) is 4.13. The number of carbonyl (C=O) groups is 1. The molecule has 0 rings (SSSR count). The summed E-state index contributed by atoms with van der Waals surface area (Å²) in [7, 11) is 0. The molecule has 0 aliphatic rings. The lowest BCUT2D eigenvalue weighted by Crippen LogP contribution is -2.48. The van der Waals surface area contributed by atoms with Gasteiger partial charge in [-0.25, -0.2) is 0 Å². The third-order valence-corrected chi connectivity index (χ3v) is 1.43. The van der Waals surface area contributed by atoms with E-state index in [0.717, 1.165) is 12.8 Å². The average molecular weight is 172 g/mol. The third kappa shape index (κ3) is 5.13. The second-order valence-electron chi connectivity index (χ2n) is 4.13. The van der Waals surface area contributed by atoms with E-state index in [9.17, 15) is 4.79 Å². The molecule has 0 fully saturated rings. The van der Waals surface area contributed by atoms with Gasteiger partial charge in [0.1, 0.15) is 0 Å². The number of amides is 1. The minimum Gasteiger partial charge on any atom is -0.350 e. The summed E-state index contributed by atoms with van der Waals surface area (Å²) in [6.07, 6.45) is 1.70. The lowest BCUT2D eigenvalue weighted by Gasteiger charge is -2.22. The van der Waals surface area contributed by atoms with E-state index < -0.39 is 0 Å². The van der Waals surface area contributed by atoms with Gasteiger partial charge in [0.05, 0.1) is 6.04 Å². The van der Waals surface area contributed by atoms with Crippen LogP contribution in [-0.2, 0) is 4.79 Å². The molecule has 1 atom stereocenters. The fraction of sp³-hybridized carbons (Fsp3) is 0.889. The Bertz CT molecular complexity index is 149. The second kappa shape index (κ2) is 4.45. The standard InChI is InChI=1S/C9H20N2O/c1-5-6-7(10)8(12)11-9(2,3)4/h7H,5-6,10H2,1-4H3,(H,11,12). The highest BCUT2D eigenvalue weighted by molar-refractivity contribution is 5.82. The van der Waals surface area contributed by atoms with Gasteiger partial charge in [-0.05, 0) is 27.2 Å². The zero-order chi connectivity index (χ0) is 9.78. The van der Waals surface area contributed by atoms with Gasteiger partial charge in [0.25, 0.3) is 0 Å². The first kappa shape index (κ1) is 11.4. The number of hydrogen-bond acceptors (Lipinski definition) is 2. The van der Waals surface area contributed by atoms with Gasteiger partial charge in [-0.15, -0.1) is 0 Å². The number of nitrogens with two attached hydrogens (primary N) is 1. The van der Waals surface area contributed by atoms with Crippen LogP contribution in [0.2, 0.25) is 0 Å². The summed E-state index contributed by atoms with van der Waals surface area (Å²) in [5, 5.41) is 2.84. The maximum absolute atomic E-state index is 11.3. The molecule has 0 heterocycles. The first-order valence-electron chi connectivity index (χ1n) is 4.44. The quantitative estimate of drug-likeness (QED) is 0.668. The molecule has 1 unspecified atom stereocenters. The van der Waals surface area contributed by atoms with Crippen LogP contribution in [0.5, 0.6) is 0 Å². The van der Waals surface area contributed by atoms with Crippen LogP contribution in [0.3, 0.4) is 0 Å². The Balaban J connectivity index is 3.87. The van der Waals surface area contributed by atoms with Crippen molar-refractivity contribution >= 4 is 5.91 Å². The van der Waals surface area contributed by atoms with Crippen molar-refractivity contribution in [3.05, 3.63) is 0 Å². The third-order valence-electron chi connectivity index (χ3n) is 1.43. The highest BCUT2D eigenvalue weighted by Crippen LogP contribution is 2.01. The average Bonchev–Trinajstić information content (AvgIpc) is 1.84. The van der Waals surface area contributed by atoms with E-state index in [1.54, 1.807) is 0 Å². The number of hydrogen-bond donors (Lipinski definition) is 2. The van der Waals surface area contributed by atoms with Crippen LogP contribution >= 0.6 is 0 Å². The first-order chi connectivity index (χ1) is 5.37. The van der Waals surface area contributed by atoms with E-state index in [2.05, 4.69) is 5.32 Å². The van der Waals surface area contributed by atoms with Crippen LogP contribution in [0.4, 0.5) is 0 Å². The lowest BCUT2D eigenvalue weighted by atomic mass is 10.1. The number of nitrogens with one attached hydrogen (secondary N) is 1. The van der Waals surface area contributed by atoms with Crippen molar-refractivity contribution in [2.45, 2.75) is 52.1 Å². The molecule has 0 aromatic rings. The van der Waals surface area contributed by atoms with Crippen molar-refractivity contribution < 1.29 is 4.79 Å². The van der Waals surface area contributed by atoms with E-state index in [-0.39, 0.29) is 17.5 Å². The molecule has 3 nitrogen and oxygen atoms in total. The topological polar surface area (TPSA) is 55.1 Å². The van der Waals surface area contributed by atoms with Crippen LogP contribution in [0, 0.1) is 0 Å². The van der Waals surface area contributed by atoms with Crippen molar-refractivity contribution in [2.24, 2.45) is 5.73 Å². The zero-order valence-electron chi connectivity index (χ0n) is 8.48. The molecule has 0 saturated heterocycles. The van der Waals surface area contributed by atoms with Crippen molar-refractivity contribution in [3.63, 3.8) is 0 Å².